The number of nitrogens with zero attached hydrogens (tertiary/aromatic N) is 1. The Balaban J connectivity index is 2.29. The van der Waals surface area contributed by atoms with E-state index in [1.54, 1.807) is 6.92 Å². The molecule has 0 radical (unpaired) electrons. The van der Waals surface area contributed by atoms with Crippen LogP contribution in [-0.2, 0) is 14.8 Å². The summed E-state index contributed by atoms with van der Waals surface area (Å²) in [4.78, 5) is 11.6. The molecule has 2 rings (SSSR count). The summed E-state index contributed by atoms with van der Waals surface area (Å²) in [6.07, 6.45) is 0. The third-order valence-electron chi connectivity index (χ3n) is 2.78. The molecule has 0 saturated carbocycles. The maximum absolute atomic E-state index is 12.2. The topological polar surface area (TPSA) is 101 Å². The molecule has 7 nitrogen and oxygen atoms in total. The monoisotopic (exact) mass is 331 g/mol. The van der Waals surface area contributed by atoms with Crippen LogP contribution >= 0.6 is 11.6 Å². The highest BCUT2D eigenvalue weighted by Crippen LogP contribution is 2.25. The van der Waals surface area contributed by atoms with E-state index in [1.165, 1.54) is 25.1 Å². The summed E-state index contributed by atoms with van der Waals surface area (Å²) in [6, 6.07) is 3.28. The van der Waals surface area contributed by atoms with Crippen molar-refractivity contribution in [2.75, 3.05) is 6.54 Å². The molecule has 1 heterocycles. The van der Waals surface area contributed by atoms with Crippen LogP contribution in [0, 0.1) is 0 Å². The maximum atomic E-state index is 12.2. The minimum Gasteiger partial charge on any atom is -0.355 e. The molecular formula is C12H14ClN3O4S. The van der Waals surface area contributed by atoms with Crippen LogP contribution < -0.4 is 10.0 Å². The Bertz CT molecular complexity index is 772. The van der Waals surface area contributed by atoms with Gasteiger partial charge < -0.3 is 9.84 Å². The average Bonchev–Trinajstić information content (AvgIpc) is 2.80. The lowest BCUT2D eigenvalue weighted by Gasteiger charge is -2.13. The van der Waals surface area contributed by atoms with E-state index in [2.05, 4.69) is 15.2 Å². The molecule has 0 spiro atoms. The second-order valence-electron chi connectivity index (χ2n) is 4.37. The van der Waals surface area contributed by atoms with Crippen LogP contribution in [0.25, 0.3) is 11.0 Å². The second-order valence-corrected chi connectivity index (χ2v) is 6.44. The zero-order chi connectivity index (χ0) is 15.6. The number of benzene rings is 1. The smallest absolute Gasteiger partial charge is 0.241 e. The van der Waals surface area contributed by atoms with E-state index in [-0.39, 0.29) is 10.0 Å². The van der Waals surface area contributed by atoms with Gasteiger partial charge >= 0.3 is 0 Å². The highest BCUT2D eigenvalue weighted by Gasteiger charge is 2.22. The van der Waals surface area contributed by atoms with Crippen molar-refractivity contribution in [1.82, 2.24) is 15.2 Å². The Kier molecular flexibility index (Phi) is 4.50. The van der Waals surface area contributed by atoms with Crippen molar-refractivity contribution in [1.29, 1.82) is 0 Å². The fraction of sp³-hybridized carbons (Fsp3) is 0.333. The van der Waals surface area contributed by atoms with Gasteiger partial charge in [-0.05, 0) is 32.0 Å². The molecule has 0 saturated heterocycles. The van der Waals surface area contributed by atoms with Crippen LogP contribution in [-0.4, -0.2) is 32.1 Å². The Hall–Kier alpha value is -1.64. The van der Waals surface area contributed by atoms with Crippen molar-refractivity contribution >= 4 is 38.5 Å². The Morgan fingerprint density at radius 2 is 2.19 bits per heavy atom. The first-order chi connectivity index (χ1) is 9.85. The number of carbonyl (C=O) groups excluding carboxylic acids is 1. The molecule has 0 fully saturated rings. The predicted molar refractivity (Wildman–Crippen MR) is 77.5 cm³/mol. The van der Waals surface area contributed by atoms with Crippen molar-refractivity contribution in [2.24, 2.45) is 0 Å². The van der Waals surface area contributed by atoms with E-state index in [0.29, 0.717) is 17.5 Å². The number of carbonyl (C=O) groups is 1. The average molecular weight is 332 g/mol. The number of rotatable bonds is 5. The number of likely N-dealkylation sites (N-methyl/N-ethyl adjacent to an activating group) is 1. The van der Waals surface area contributed by atoms with E-state index in [9.17, 15) is 13.2 Å². The Labute approximate surface area is 126 Å². The third kappa shape index (κ3) is 3.34. The van der Waals surface area contributed by atoms with E-state index < -0.39 is 22.0 Å². The van der Waals surface area contributed by atoms with Crippen LogP contribution in [0.1, 0.15) is 13.8 Å². The highest BCUT2D eigenvalue weighted by atomic mass is 35.5. The third-order valence-corrected chi connectivity index (χ3v) is 4.59. The molecule has 0 unspecified atom stereocenters. The van der Waals surface area contributed by atoms with Gasteiger partial charge in [0.15, 0.2) is 10.7 Å². The number of nitrogens with one attached hydrogen (secondary N) is 2. The van der Waals surface area contributed by atoms with E-state index in [1.807, 2.05) is 0 Å². The number of sulfonamides is 1. The van der Waals surface area contributed by atoms with E-state index >= 15 is 0 Å². The van der Waals surface area contributed by atoms with Crippen molar-refractivity contribution in [2.45, 2.75) is 24.8 Å². The van der Waals surface area contributed by atoms with Gasteiger partial charge in [0.05, 0.1) is 16.3 Å². The minimum atomic E-state index is -3.85. The first-order valence-electron chi connectivity index (χ1n) is 6.20. The summed E-state index contributed by atoms with van der Waals surface area (Å²) in [6.45, 7) is 3.64. The molecule has 114 valence electrons. The minimum absolute atomic E-state index is 0.0174. The molecule has 2 aromatic rings. The van der Waals surface area contributed by atoms with Gasteiger partial charge in [0.25, 0.3) is 0 Å². The molecular weight excluding hydrogens is 318 g/mol. The number of aromatic nitrogens is 1. The van der Waals surface area contributed by atoms with Gasteiger partial charge in [0, 0.05) is 6.54 Å². The summed E-state index contributed by atoms with van der Waals surface area (Å²) in [5.74, 6) is -0.398. The van der Waals surface area contributed by atoms with Crippen LogP contribution in [0.5, 0.6) is 0 Å². The molecule has 9 heteroatoms. The van der Waals surface area contributed by atoms with Crippen LogP contribution in [0.2, 0.25) is 5.15 Å². The van der Waals surface area contributed by atoms with Gasteiger partial charge in [0.1, 0.15) is 0 Å². The molecule has 1 aromatic carbocycles. The fourth-order valence-electron chi connectivity index (χ4n) is 1.74. The largest absolute Gasteiger partial charge is 0.355 e. The molecule has 0 aliphatic rings. The number of fused-ring (bicyclic) bond motifs is 1. The first-order valence-corrected chi connectivity index (χ1v) is 8.06. The first kappa shape index (κ1) is 15.7. The lowest BCUT2D eigenvalue weighted by Crippen LogP contribution is -2.44. The van der Waals surface area contributed by atoms with Crippen molar-refractivity contribution in [3.05, 3.63) is 23.4 Å². The molecule has 0 aliphatic heterocycles. The van der Waals surface area contributed by atoms with Crippen LogP contribution in [0.4, 0.5) is 0 Å². The lowest BCUT2D eigenvalue weighted by molar-refractivity contribution is -0.122. The van der Waals surface area contributed by atoms with Gasteiger partial charge in [-0.15, -0.1) is 0 Å². The molecule has 0 aliphatic carbocycles. The lowest BCUT2D eigenvalue weighted by atomic mass is 10.3. The number of hydrogen-bond donors (Lipinski definition) is 2. The quantitative estimate of drug-likeness (QED) is 0.859. The summed E-state index contributed by atoms with van der Waals surface area (Å²) < 4.78 is 31.7. The van der Waals surface area contributed by atoms with Gasteiger partial charge in [-0.25, -0.2) is 8.42 Å². The number of halogens is 1. The number of amides is 1. The van der Waals surface area contributed by atoms with Crippen LogP contribution in [0.3, 0.4) is 0 Å². The molecule has 0 bridgehead atoms. The van der Waals surface area contributed by atoms with Crippen molar-refractivity contribution < 1.29 is 17.7 Å². The maximum Gasteiger partial charge on any atom is 0.241 e. The van der Waals surface area contributed by atoms with E-state index in [4.69, 9.17) is 16.1 Å². The van der Waals surface area contributed by atoms with Gasteiger partial charge in [-0.2, -0.15) is 4.72 Å². The van der Waals surface area contributed by atoms with Crippen LogP contribution in [0.15, 0.2) is 27.6 Å². The Morgan fingerprint density at radius 3 is 2.86 bits per heavy atom. The van der Waals surface area contributed by atoms with E-state index in [0.717, 1.165) is 0 Å². The molecule has 1 amide bonds. The van der Waals surface area contributed by atoms with Gasteiger partial charge in [-0.1, -0.05) is 16.8 Å². The predicted octanol–water partition coefficient (Wildman–Crippen LogP) is 1.28. The summed E-state index contributed by atoms with van der Waals surface area (Å²) in [5, 5.41) is 6.56. The summed E-state index contributed by atoms with van der Waals surface area (Å²) in [7, 11) is -3.85. The zero-order valence-corrected chi connectivity index (χ0v) is 13.0. The zero-order valence-electron chi connectivity index (χ0n) is 11.4. The Morgan fingerprint density at radius 1 is 1.48 bits per heavy atom. The summed E-state index contributed by atoms with van der Waals surface area (Å²) >= 11 is 5.81. The van der Waals surface area contributed by atoms with Crippen molar-refractivity contribution in [3.63, 3.8) is 0 Å². The molecule has 2 N–H and O–H groups in total. The fourth-order valence-corrected chi connectivity index (χ4v) is 3.15. The standard InChI is InChI=1S/C12H14ClN3O4S/c1-3-14-12(17)7(2)16-21(18,19)8-4-5-10-9(6-8)11(13)15-20-10/h4-7,16H,3H2,1-2H3,(H,14,17)/t7-/m1/s1. The molecule has 1 aromatic heterocycles. The van der Waals surface area contributed by atoms with Gasteiger partial charge in [-0.3, -0.25) is 4.79 Å². The number of hydrogen-bond acceptors (Lipinski definition) is 5. The summed E-state index contributed by atoms with van der Waals surface area (Å²) in [5.41, 5.74) is 0.385. The second kappa shape index (κ2) is 6.00. The van der Waals surface area contributed by atoms with Gasteiger partial charge in [0.2, 0.25) is 15.9 Å². The molecule has 1 atom stereocenters. The highest BCUT2D eigenvalue weighted by molar-refractivity contribution is 7.89. The molecule has 21 heavy (non-hydrogen) atoms. The normalized spacial score (nSPS) is 13.3. The SMILES string of the molecule is CCNC(=O)[C@@H](C)NS(=O)(=O)c1ccc2onc(Cl)c2c1. The van der Waals surface area contributed by atoms with Crippen molar-refractivity contribution in [3.8, 4) is 0 Å².